The van der Waals surface area contributed by atoms with Crippen molar-refractivity contribution in [3.8, 4) is 5.75 Å². The van der Waals surface area contributed by atoms with Crippen molar-refractivity contribution in [3.63, 3.8) is 0 Å². The molecule has 1 aliphatic rings. The van der Waals surface area contributed by atoms with Gasteiger partial charge in [0.15, 0.2) is 5.69 Å². The minimum absolute atomic E-state index is 0.329. The average Bonchev–Trinajstić information content (AvgIpc) is 2.77. The van der Waals surface area contributed by atoms with Gasteiger partial charge in [-0.3, -0.25) is 9.59 Å². The number of pyridine rings is 1. The van der Waals surface area contributed by atoms with E-state index in [1.54, 1.807) is 0 Å². The monoisotopic (exact) mass is 486 g/mol. The van der Waals surface area contributed by atoms with Crippen LogP contribution in [0.25, 0.3) is 0 Å². The van der Waals surface area contributed by atoms with Gasteiger partial charge < -0.3 is 10.5 Å². The van der Waals surface area contributed by atoms with E-state index < -0.39 is 44.4 Å². The predicted molar refractivity (Wildman–Crippen MR) is 109 cm³/mol. The Balaban J connectivity index is 1.80. The maximum absolute atomic E-state index is 12.8. The third kappa shape index (κ3) is 5.60. The van der Waals surface area contributed by atoms with Crippen LogP contribution >= 0.6 is 0 Å². The Hall–Kier alpha value is -3.19. The Morgan fingerprint density at radius 2 is 1.67 bits per heavy atom. The summed E-state index contributed by atoms with van der Waals surface area (Å²) in [7, 11) is -4.22. The number of hydrogen-bond donors (Lipinski definition) is 2. The average molecular weight is 486 g/mol. The fraction of sp³-hybridized carbons (Fsp3) is 0.350. The van der Waals surface area contributed by atoms with E-state index in [9.17, 15) is 31.2 Å². The van der Waals surface area contributed by atoms with Crippen LogP contribution in [-0.2, 0) is 14.6 Å². The van der Waals surface area contributed by atoms with Crippen molar-refractivity contribution in [2.75, 3.05) is 5.73 Å². The molecule has 13 heteroatoms. The molecule has 1 aromatic carbocycles. The zero-order valence-corrected chi connectivity index (χ0v) is 18.0. The Morgan fingerprint density at radius 3 is 2.21 bits per heavy atom. The summed E-state index contributed by atoms with van der Waals surface area (Å²) in [5.41, 5.74) is 5.10. The maximum atomic E-state index is 12.8. The number of nitrogen functional groups attached to an aromatic ring is 1. The summed E-state index contributed by atoms with van der Waals surface area (Å²) in [5, 5.41) is 0.447. The smallest absolute Gasteiger partial charge is 0.406 e. The van der Waals surface area contributed by atoms with Crippen molar-refractivity contribution in [1.82, 2.24) is 9.99 Å². The van der Waals surface area contributed by atoms with Crippen molar-refractivity contribution in [3.05, 3.63) is 42.2 Å². The molecule has 1 aliphatic carbocycles. The highest BCUT2D eigenvalue weighted by Gasteiger charge is 2.32. The first-order valence-corrected chi connectivity index (χ1v) is 11.4. The maximum Gasteiger partial charge on any atom is 0.573 e. The van der Waals surface area contributed by atoms with E-state index in [-0.39, 0.29) is 16.5 Å². The van der Waals surface area contributed by atoms with Crippen molar-refractivity contribution >= 4 is 27.3 Å². The first kappa shape index (κ1) is 24.5. The van der Waals surface area contributed by atoms with E-state index >= 15 is 0 Å². The number of aromatic nitrogens is 1. The van der Waals surface area contributed by atoms with Gasteiger partial charge in [-0.1, -0.05) is 19.3 Å². The summed E-state index contributed by atoms with van der Waals surface area (Å²) in [6.07, 6.45) is -0.109. The van der Waals surface area contributed by atoms with Crippen molar-refractivity contribution in [2.45, 2.75) is 48.3 Å². The zero-order valence-electron chi connectivity index (χ0n) is 17.2. The summed E-state index contributed by atoms with van der Waals surface area (Å²) >= 11 is 0. The van der Waals surface area contributed by atoms with Gasteiger partial charge in [0.1, 0.15) is 5.75 Å². The lowest BCUT2D eigenvalue weighted by molar-refractivity contribution is -0.274. The minimum atomic E-state index is -4.92. The first-order chi connectivity index (χ1) is 15.4. The first-order valence-electron chi connectivity index (χ1n) is 9.89. The molecule has 0 saturated heterocycles. The zero-order chi connectivity index (χ0) is 24.4. The van der Waals surface area contributed by atoms with Gasteiger partial charge in [0, 0.05) is 12.1 Å². The number of carbonyl (C=O) groups excluding carboxylic acids is 2. The SMILES string of the molecule is Nc1cc(S(=O)(=O)c2ccc(OC(F)(F)F)cc2)cnc1C(=O)N(N)C(=O)C1CCCCC1. The number of carbonyl (C=O) groups is 2. The van der Waals surface area contributed by atoms with Crippen molar-refractivity contribution in [1.29, 1.82) is 0 Å². The van der Waals surface area contributed by atoms with Gasteiger partial charge >= 0.3 is 6.36 Å². The number of imide groups is 1. The number of alkyl halides is 3. The molecule has 0 aliphatic heterocycles. The van der Waals surface area contributed by atoms with Gasteiger partial charge in [-0.05, 0) is 43.2 Å². The third-order valence-electron chi connectivity index (χ3n) is 5.18. The van der Waals surface area contributed by atoms with Gasteiger partial charge in [0.25, 0.3) is 5.91 Å². The molecule has 2 aromatic rings. The number of amides is 2. The van der Waals surface area contributed by atoms with E-state index in [1.165, 1.54) is 0 Å². The number of nitrogens with zero attached hydrogens (tertiary/aromatic N) is 2. The highest BCUT2D eigenvalue weighted by atomic mass is 32.2. The van der Waals surface area contributed by atoms with E-state index in [1.807, 2.05) is 0 Å². The summed E-state index contributed by atoms with van der Waals surface area (Å²) in [6.45, 7) is 0. The van der Waals surface area contributed by atoms with E-state index in [0.717, 1.165) is 55.8 Å². The number of hydrazine groups is 1. The Bertz CT molecular complexity index is 1150. The fourth-order valence-electron chi connectivity index (χ4n) is 3.50. The second kappa shape index (κ2) is 9.35. The molecule has 1 aromatic heterocycles. The molecule has 2 amide bonds. The molecule has 0 radical (unpaired) electrons. The topological polar surface area (TPSA) is 146 Å². The number of halogens is 3. The molecule has 0 unspecified atom stereocenters. The number of sulfone groups is 1. The molecule has 3 rings (SSSR count). The van der Waals surface area contributed by atoms with Gasteiger partial charge in [-0.25, -0.2) is 24.3 Å². The van der Waals surface area contributed by atoms with Gasteiger partial charge in [0.2, 0.25) is 15.7 Å². The molecule has 9 nitrogen and oxygen atoms in total. The van der Waals surface area contributed by atoms with Crippen LogP contribution in [0.3, 0.4) is 0 Å². The standard InChI is InChI=1S/C20H21F3N4O5S/c21-20(22,23)32-13-6-8-14(9-7-13)33(30,31)15-10-16(24)17(26-11-15)19(29)27(25)18(28)12-4-2-1-3-5-12/h6-12H,1-5,24-25H2. The molecule has 0 spiro atoms. The Kier molecular flexibility index (Phi) is 6.93. The van der Waals surface area contributed by atoms with Crippen LogP contribution in [0.2, 0.25) is 0 Å². The highest BCUT2D eigenvalue weighted by molar-refractivity contribution is 7.91. The molecular formula is C20H21F3N4O5S. The Morgan fingerprint density at radius 1 is 1.06 bits per heavy atom. The van der Waals surface area contributed by atoms with Crippen LogP contribution in [0.5, 0.6) is 5.75 Å². The fourth-order valence-corrected chi connectivity index (χ4v) is 4.74. The summed E-state index contributed by atoms with van der Waals surface area (Å²) in [4.78, 5) is 28.1. The number of hydrogen-bond acceptors (Lipinski definition) is 8. The molecule has 4 N–H and O–H groups in total. The van der Waals surface area contributed by atoms with E-state index in [4.69, 9.17) is 11.6 Å². The molecule has 0 atom stereocenters. The second-order valence-electron chi connectivity index (χ2n) is 7.48. The number of benzene rings is 1. The van der Waals surface area contributed by atoms with Crippen LogP contribution in [0, 0.1) is 5.92 Å². The van der Waals surface area contributed by atoms with Gasteiger partial charge in [-0.2, -0.15) is 0 Å². The predicted octanol–water partition coefficient (Wildman–Crippen LogP) is 2.82. The van der Waals surface area contributed by atoms with Crippen LogP contribution < -0.4 is 16.3 Å². The number of rotatable bonds is 5. The van der Waals surface area contributed by atoms with Gasteiger partial charge in [-0.15, -0.1) is 13.2 Å². The van der Waals surface area contributed by atoms with E-state index in [0.29, 0.717) is 17.9 Å². The molecule has 178 valence electrons. The normalized spacial score (nSPS) is 15.2. The summed E-state index contributed by atoms with van der Waals surface area (Å²) in [5.74, 6) is 3.20. The van der Waals surface area contributed by atoms with Crippen LogP contribution in [0.4, 0.5) is 18.9 Å². The van der Waals surface area contributed by atoms with Crippen molar-refractivity contribution in [2.24, 2.45) is 11.8 Å². The van der Waals surface area contributed by atoms with E-state index in [2.05, 4.69) is 9.72 Å². The Labute approximate surface area is 187 Å². The summed E-state index contributed by atoms with van der Waals surface area (Å²) in [6, 6.07) is 4.51. The lowest BCUT2D eigenvalue weighted by atomic mass is 9.88. The number of nitrogens with two attached hydrogens (primary N) is 2. The van der Waals surface area contributed by atoms with Crippen LogP contribution in [0.15, 0.2) is 46.3 Å². The van der Waals surface area contributed by atoms with Crippen molar-refractivity contribution < 1.29 is 35.9 Å². The molecule has 0 bridgehead atoms. The molecular weight excluding hydrogens is 465 g/mol. The molecule has 33 heavy (non-hydrogen) atoms. The lowest BCUT2D eigenvalue weighted by Crippen LogP contribution is -2.46. The quantitative estimate of drug-likeness (QED) is 0.284. The molecule has 1 saturated carbocycles. The molecule has 1 heterocycles. The second-order valence-corrected chi connectivity index (χ2v) is 9.43. The molecule has 1 fully saturated rings. The lowest BCUT2D eigenvalue weighted by Gasteiger charge is -2.24. The minimum Gasteiger partial charge on any atom is -0.406 e. The highest BCUT2D eigenvalue weighted by Crippen LogP contribution is 2.28. The number of anilines is 1. The van der Waals surface area contributed by atoms with Crippen LogP contribution in [0.1, 0.15) is 42.6 Å². The van der Waals surface area contributed by atoms with Gasteiger partial charge in [0.05, 0.1) is 15.5 Å². The summed E-state index contributed by atoms with van der Waals surface area (Å²) < 4.78 is 66.1. The number of ether oxygens (including phenoxy) is 1. The largest absolute Gasteiger partial charge is 0.573 e. The third-order valence-corrected chi connectivity index (χ3v) is 6.92. The van der Waals surface area contributed by atoms with Crippen LogP contribution in [-0.4, -0.2) is 36.6 Å².